The van der Waals surface area contributed by atoms with Gasteiger partial charge in [-0.2, -0.15) is 0 Å². The Balaban J connectivity index is 1.63. The highest BCUT2D eigenvalue weighted by Crippen LogP contribution is 2.37. The lowest BCUT2D eigenvalue weighted by atomic mass is 9.98. The van der Waals surface area contributed by atoms with E-state index in [4.69, 9.17) is 0 Å². The summed E-state index contributed by atoms with van der Waals surface area (Å²) < 4.78 is 0. The molecule has 0 bridgehead atoms. The van der Waals surface area contributed by atoms with Gasteiger partial charge in [0.25, 0.3) is 0 Å². The van der Waals surface area contributed by atoms with Gasteiger partial charge in [-0.3, -0.25) is 5.32 Å². The summed E-state index contributed by atoms with van der Waals surface area (Å²) in [5, 5.41) is 14.1. The predicted molar refractivity (Wildman–Crippen MR) is 102 cm³/mol. The largest absolute Gasteiger partial charge is 0.374 e. The van der Waals surface area contributed by atoms with Crippen molar-refractivity contribution >= 4 is 16.9 Å². The Hall–Kier alpha value is -2.44. The van der Waals surface area contributed by atoms with E-state index in [1.807, 2.05) is 12.3 Å². The zero-order chi connectivity index (χ0) is 17.7. The highest BCUT2D eigenvalue weighted by atomic mass is 16.3. The quantitative estimate of drug-likeness (QED) is 0.663. The molecule has 0 saturated carbocycles. The summed E-state index contributed by atoms with van der Waals surface area (Å²) in [4.78, 5) is 14.8. The third-order valence-corrected chi connectivity index (χ3v) is 5.64. The Kier molecular flexibility index (Phi) is 3.69. The van der Waals surface area contributed by atoms with Gasteiger partial charge in [0.2, 0.25) is 0 Å². The van der Waals surface area contributed by atoms with Crippen LogP contribution in [0.5, 0.6) is 0 Å². The molecular formula is C20H23N5O. The van der Waals surface area contributed by atoms with Gasteiger partial charge in [-0.05, 0) is 41.5 Å². The molecule has 2 aromatic heterocycles. The van der Waals surface area contributed by atoms with E-state index in [0.29, 0.717) is 12.5 Å². The average molecular weight is 349 g/mol. The van der Waals surface area contributed by atoms with Crippen LogP contribution in [-0.4, -0.2) is 33.1 Å². The molecular weight excluding hydrogens is 326 g/mol. The summed E-state index contributed by atoms with van der Waals surface area (Å²) in [5.41, 5.74) is 5.25. The number of hydrogen-bond acceptors (Lipinski definition) is 5. The number of rotatable bonds is 2. The third-order valence-electron chi connectivity index (χ3n) is 5.64. The predicted octanol–water partition coefficient (Wildman–Crippen LogP) is 2.96. The van der Waals surface area contributed by atoms with Gasteiger partial charge in [-0.25, -0.2) is 9.97 Å². The van der Waals surface area contributed by atoms with E-state index in [0.717, 1.165) is 52.2 Å². The molecule has 0 spiro atoms. The molecule has 5 rings (SSSR count). The van der Waals surface area contributed by atoms with Gasteiger partial charge < -0.3 is 15.0 Å². The van der Waals surface area contributed by atoms with Crippen molar-refractivity contribution in [2.75, 3.05) is 18.0 Å². The Bertz CT molecular complexity index is 966. The number of benzene rings is 1. The van der Waals surface area contributed by atoms with Crippen LogP contribution >= 0.6 is 0 Å². The maximum atomic E-state index is 9.97. The monoisotopic (exact) mass is 349 g/mol. The first-order chi connectivity index (χ1) is 12.7. The Labute approximate surface area is 152 Å². The number of hydrogen-bond donors (Lipinski definition) is 3. The summed E-state index contributed by atoms with van der Waals surface area (Å²) in [6.45, 7) is 5.08. The van der Waals surface area contributed by atoms with Crippen LogP contribution < -0.4 is 10.2 Å². The number of aromatic nitrogens is 3. The first-order valence-corrected chi connectivity index (χ1v) is 9.32. The summed E-state index contributed by atoms with van der Waals surface area (Å²) in [5.74, 6) is 1.71. The molecule has 2 aliphatic heterocycles. The van der Waals surface area contributed by atoms with E-state index in [9.17, 15) is 5.11 Å². The van der Waals surface area contributed by atoms with Crippen LogP contribution in [0.2, 0.25) is 0 Å². The normalized spacial score (nSPS) is 22.8. The van der Waals surface area contributed by atoms with Crippen LogP contribution in [0.3, 0.4) is 0 Å². The van der Waals surface area contributed by atoms with E-state index in [1.54, 1.807) is 6.33 Å². The molecule has 6 heteroatoms. The second kappa shape index (κ2) is 6.07. The first-order valence-electron chi connectivity index (χ1n) is 9.32. The second-order valence-corrected chi connectivity index (χ2v) is 7.51. The summed E-state index contributed by atoms with van der Waals surface area (Å²) in [6.07, 6.45) is 5.60. The van der Waals surface area contributed by atoms with Crippen molar-refractivity contribution in [2.45, 2.75) is 32.5 Å². The highest BCUT2D eigenvalue weighted by Gasteiger charge is 2.24. The SMILES string of the molecule is C[C@H]1CCCN(c2ncnc3[nH]cc(-c4ccc5c(c4)CNC5O)c23)C1. The van der Waals surface area contributed by atoms with Crippen LogP contribution in [0, 0.1) is 5.92 Å². The Morgan fingerprint density at radius 1 is 1.27 bits per heavy atom. The van der Waals surface area contributed by atoms with E-state index >= 15 is 0 Å². The first kappa shape index (κ1) is 15.8. The lowest BCUT2D eigenvalue weighted by Gasteiger charge is -2.32. The zero-order valence-electron chi connectivity index (χ0n) is 14.9. The van der Waals surface area contributed by atoms with E-state index in [2.05, 4.69) is 44.2 Å². The minimum absolute atomic E-state index is 0.559. The van der Waals surface area contributed by atoms with Crippen molar-refractivity contribution in [3.05, 3.63) is 41.9 Å². The molecule has 0 amide bonds. The van der Waals surface area contributed by atoms with Crippen LogP contribution in [0.25, 0.3) is 22.2 Å². The van der Waals surface area contributed by atoms with Crippen LogP contribution in [0.15, 0.2) is 30.7 Å². The number of fused-ring (bicyclic) bond motifs is 2. The zero-order valence-corrected chi connectivity index (χ0v) is 14.9. The van der Waals surface area contributed by atoms with Gasteiger partial charge in [0.15, 0.2) is 0 Å². The fourth-order valence-corrected chi connectivity index (χ4v) is 4.31. The minimum atomic E-state index is -0.559. The van der Waals surface area contributed by atoms with Gasteiger partial charge in [0.1, 0.15) is 24.0 Å². The Morgan fingerprint density at radius 2 is 2.19 bits per heavy atom. The molecule has 1 fully saturated rings. The molecule has 1 saturated heterocycles. The van der Waals surface area contributed by atoms with E-state index in [-0.39, 0.29) is 0 Å². The smallest absolute Gasteiger partial charge is 0.143 e. The topological polar surface area (TPSA) is 77.1 Å². The lowest BCUT2D eigenvalue weighted by molar-refractivity contribution is 0.151. The van der Waals surface area contributed by atoms with E-state index in [1.165, 1.54) is 12.8 Å². The van der Waals surface area contributed by atoms with Gasteiger partial charge in [-0.1, -0.05) is 19.1 Å². The molecule has 26 heavy (non-hydrogen) atoms. The van der Waals surface area contributed by atoms with Gasteiger partial charge in [-0.15, -0.1) is 0 Å². The van der Waals surface area contributed by atoms with Crippen molar-refractivity contribution < 1.29 is 5.11 Å². The molecule has 134 valence electrons. The standard InChI is InChI=1S/C20H23N5O/c1-12-3-2-6-25(10-12)19-17-16(9-21-18(17)23-11-24-19)13-4-5-15-14(7-13)8-22-20(15)26/h4-5,7,9,11-12,20,22,26H,2-3,6,8,10H2,1H3,(H,21,23,24)/t12-,20?/m0/s1. The molecule has 0 aliphatic carbocycles. The van der Waals surface area contributed by atoms with Crippen LogP contribution in [0.4, 0.5) is 5.82 Å². The van der Waals surface area contributed by atoms with E-state index < -0.39 is 6.23 Å². The molecule has 1 unspecified atom stereocenters. The third kappa shape index (κ3) is 2.48. The summed E-state index contributed by atoms with van der Waals surface area (Å²) >= 11 is 0. The van der Waals surface area contributed by atoms with Gasteiger partial charge >= 0.3 is 0 Å². The summed E-state index contributed by atoms with van der Waals surface area (Å²) in [6, 6.07) is 6.25. The number of nitrogens with zero attached hydrogens (tertiary/aromatic N) is 3. The number of aliphatic hydroxyl groups is 1. The molecule has 2 aliphatic rings. The molecule has 2 atom stereocenters. The fraction of sp³-hybridized carbons (Fsp3) is 0.400. The number of nitrogens with one attached hydrogen (secondary N) is 2. The molecule has 4 heterocycles. The maximum absolute atomic E-state index is 9.97. The number of H-pyrrole nitrogens is 1. The number of anilines is 1. The molecule has 1 aromatic carbocycles. The van der Waals surface area contributed by atoms with Crippen molar-refractivity contribution in [3.8, 4) is 11.1 Å². The fourth-order valence-electron chi connectivity index (χ4n) is 4.31. The number of piperidine rings is 1. The van der Waals surface area contributed by atoms with Gasteiger partial charge in [0, 0.05) is 31.4 Å². The highest BCUT2D eigenvalue weighted by molar-refractivity contribution is 6.01. The van der Waals surface area contributed by atoms with Gasteiger partial charge in [0.05, 0.1) is 5.39 Å². The van der Waals surface area contributed by atoms with Crippen LogP contribution in [0.1, 0.15) is 37.1 Å². The van der Waals surface area contributed by atoms with Crippen molar-refractivity contribution in [2.24, 2.45) is 5.92 Å². The summed E-state index contributed by atoms with van der Waals surface area (Å²) in [7, 11) is 0. The average Bonchev–Trinajstić information content (AvgIpc) is 3.25. The Morgan fingerprint density at radius 3 is 3.08 bits per heavy atom. The van der Waals surface area contributed by atoms with Crippen molar-refractivity contribution in [1.29, 1.82) is 0 Å². The van der Waals surface area contributed by atoms with Crippen molar-refractivity contribution in [3.63, 3.8) is 0 Å². The lowest BCUT2D eigenvalue weighted by Crippen LogP contribution is -2.35. The van der Waals surface area contributed by atoms with Crippen LogP contribution in [-0.2, 0) is 6.54 Å². The molecule has 0 radical (unpaired) electrons. The number of aliphatic hydroxyl groups excluding tert-OH is 1. The molecule has 6 nitrogen and oxygen atoms in total. The maximum Gasteiger partial charge on any atom is 0.143 e. The molecule has 3 aromatic rings. The second-order valence-electron chi connectivity index (χ2n) is 7.51. The number of aromatic amines is 1. The molecule has 3 N–H and O–H groups in total. The minimum Gasteiger partial charge on any atom is -0.374 e. The van der Waals surface area contributed by atoms with Crippen molar-refractivity contribution in [1.82, 2.24) is 20.3 Å².